The fourth-order valence-corrected chi connectivity index (χ4v) is 5.87. The number of hydrogen-bond acceptors (Lipinski definition) is 4. The van der Waals surface area contributed by atoms with E-state index in [-0.39, 0.29) is 17.2 Å². The van der Waals surface area contributed by atoms with Gasteiger partial charge in [0.05, 0.1) is 5.75 Å². The molecule has 1 aliphatic heterocycles. The lowest BCUT2D eigenvalue weighted by Crippen LogP contribution is -2.57. The minimum Gasteiger partial charge on any atom is -0.386 e. The molecule has 22 heavy (non-hydrogen) atoms. The summed E-state index contributed by atoms with van der Waals surface area (Å²) in [5.41, 5.74) is 5.06. The van der Waals surface area contributed by atoms with Crippen molar-refractivity contribution in [2.45, 2.75) is 30.1 Å². The average molecular weight is 387 g/mol. The lowest BCUT2D eigenvalue weighted by Gasteiger charge is -2.39. The molecule has 1 aromatic rings. The van der Waals surface area contributed by atoms with Crippen LogP contribution < -0.4 is 5.73 Å². The summed E-state index contributed by atoms with van der Waals surface area (Å²) >= 11 is 3.28. The average Bonchev–Trinajstić information content (AvgIpc) is 2.90. The summed E-state index contributed by atoms with van der Waals surface area (Å²) in [6.07, 6.45) is 4.29. The molecule has 1 unspecified atom stereocenters. The number of rotatable bonds is 1. The van der Waals surface area contributed by atoms with Crippen LogP contribution in [-0.2, 0) is 15.4 Å². The Bertz CT molecular complexity index is 796. The Hall–Kier alpha value is -1.21. The molecule has 7 heteroatoms. The fourth-order valence-electron chi connectivity index (χ4n) is 3.21. The Kier molecular flexibility index (Phi) is 3.49. The quantitative estimate of drug-likeness (QED) is 0.754. The van der Waals surface area contributed by atoms with Gasteiger partial charge in [-0.1, -0.05) is 28.1 Å². The third kappa shape index (κ3) is 2.13. The molecule has 1 heterocycles. The van der Waals surface area contributed by atoms with E-state index in [2.05, 4.69) is 20.9 Å². The molecule has 1 spiro atoms. The second-order valence-electron chi connectivity index (χ2n) is 6.03. The SMILES string of the molecule is CC1(c2cc(Br)ccc2F)CS(=O)(=O)C2(CC=CC2)C(N)=N1. The van der Waals surface area contributed by atoms with Crippen LogP contribution in [-0.4, -0.2) is 24.8 Å². The summed E-state index contributed by atoms with van der Waals surface area (Å²) in [5.74, 6) is -0.668. The number of nitrogens with two attached hydrogens (primary N) is 1. The summed E-state index contributed by atoms with van der Waals surface area (Å²) in [6, 6.07) is 4.42. The maximum atomic E-state index is 14.2. The Morgan fingerprint density at radius 1 is 1.32 bits per heavy atom. The highest BCUT2D eigenvalue weighted by molar-refractivity contribution is 9.10. The smallest absolute Gasteiger partial charge is 0.166 e. The topological polar surface area (TPSA) is 72.5 Å². The van der Waals surface area contributed by atoms with Crippen molar-refractivity contribution in [1.82, 2.24) is 0 Å². The highest BCUT2D eigenvalue weighted by atomic mass is 79.9. The summed E-state index contributed by atoms with van der Waals surface area (Å²) in [7, 11) is -3.56. The van der Waals surface area contributed by atoms with Crippen LogP contribution in [0.4, 0.5) is 4.39 Å². The van der Waals surface area contributed by atoms with Crippen LogP contribution in [0.25, 0.3) is 0 Å². The Morgan fingerprint density at radius 3 is 2.55 bits per heavy atom. The first-order valence-corrected chi connectivity index (χ1v) is 9.33. The van der Waals surface area contributed by atoms with Crippen molar-refractivity contribution in [2.24, 2.45) is 10.7 Å². The van der Waals surface area contributed by atoms with Crippen LogP contribution >= 0.6 is 15.9 Å². The Labute approximate surface area is 137 Å². The van der Waals surface area contributed by atoms with Gasteiger partial charge in [-0.15, -0.1) is 0 Å². The molecule has 0 radical (unpaired) electrons. The number of nitrogens with zero attached hydrogens (tertiary/aromatic N) is 1. The molecule has 2 aliphatic rings. The number of sulfone groups is 1. The van der Waals surface area contributed by atoms with Gasteiger partial charge in [-0.25, -0.2) is 12.8 Å². The summed E-state index contributed by atoms with van der Waals surface area (Å²) in [5, 5.41) is 0. The van der Waals surface area contributed by atoms with Crippen LogP contribution in [0.5, 0.6) is 0 Å². The van der Waals surface area contributed by atoms with Gasteiger partial charge in [0.1, 0.15) is 21.9 Å². The lowest BCUT2D eigenvalue weighted by molar-refractivity contribution is 0.470. The minimum atomic E-state index is -3.56. The van der Waals surface area contributed by atoms with E-state index in [0.717, 1.165) is 0 Å². The largest absolute Gasteiger partial charge is 0.386 e. The lowest BCUT2D eigenvalue weighted by atomic mass is 9.92. The molecule has 0 aromatic heterocycles. The van der Waals surface area contributed by atoms with Gasteiger partial charge in [0.25, 0.3) is 0 Å². The van der Waals surface area contributed by atoms with Crippen molar-refractivity contribution in [2.75, 3.05) is 5.75 Å². The number of benzene rings is 1. The second-order valence-corrected chi connectivity index (χ2v) is 9.24. The van der Waals surface area contributed by atoms with E-state index < -0.39 is 25.9 Å². The molecular formula is C15H16BrFN2O2S. The van der Waals surface area contributed by atoms with Crippen LogP contribution in [0.3, 0.4) is 0 Å². The highest BCUT2D eigenvalue weighted by Gasteiger charge is 2.54. The van der Waals surface area contributed by atoms with Gasteiger partial charge in [-0.2, -0.15) is 0 Å². The molecule has 1 aromatic carbocycles. The first kappa shape index (κ1) is 15.7. The molecule has 1 aliphatic carbocycles. The zero-order valence-electron chi connectivity index (χ0n) is 12.0. The maximum absolute atomic E-state index is 14.2. The summed E-state index contributed by atoms with van der Waals surface area (Å²) in [4.78, 5) is 4.43. The van der Waals surface area contributed by atoms with Crippen molar-refractivity contribution in [1.29, 1.82) is 0 Å². The molecule has 0 saturated heterocycles. The van der Waals surface area contributed by atoms with E-state index in [4.69, 9.17) is 5.73 Å². The third-order valence-electron chi connectivity index (χ3n) is 4.47. The van der Waals surface area contributed by atoms with Crippen LogP contribution in [0.15, 0.2) is 39.8 Å². The zero-order chi connectivity index (χ0) is 16.2. The molecule has 0 amide bonds. The summed E-state index contributed by atoms with van der Waals surface area (Å²) < 4.78 is 39.5. The molecule has 0 fully saturated rings. The van der Waals surface area contributed by atoms with Crippen LogP contribution in [0.2, 0.25) is 0 Å². The van der Waals surface area contributed by atoms with Gasteiger partial charge in [-0.3, -0.25) is 4.99 Å². The van der Waals surface area contributed by atoms with Crippen molar-refractivity contribution in [3.63, 3.8) is 0 Å². The van der Waals surface area contributed by atoms with Crippen molar-refractivity contribution >= 4 is 31.6 Å². The minimum absolute atomic E-state index is 0.0747. The molecule has 0 saturated carbocycles. The van der Waals surface area contributed by atoms with Gasteiger partial charge >= 0.3 is 0 Å². The number of hydrogen-bond donors (Lipinski definition) is 1. The molecule has 118 valence electrons. The standard InChI is InChI=1S/C15H16BrFN2O2S/c1-14(11-8-10(16)4-5-12(11)17)9-22(20,21)15(13(18)19-14)6-2-3-7-15/h2-5,8H,6-7,9H2,1H3,(H2,18,19). The van der Waals surface area contributed by atoms with Crippen molar-refractivity contribution < 1.29 is 12.8 Å². The predicted molar refractivity (Wildman–Crippen MR) is 88.0 cm³/mol. The highest BCUT2D eigenvalue weighted by Crippen LogP contribution is 2.43. The van der Waals surface area contributed by atoms with Gasteiger partial charge in [0.15, 0.2) is 9.84 Å². The first-order valence-electron chi connectivity index (χ1n) is 6.89. The number of halogens is 2. The number of allylic oxidation sites excluding steroid dienone is 2. The molecule has 1 atom stereocenters. The van der Waals surface area contributed by atoms with Gasteiger partial charge in [0, 0.05) is 10.0 Å². The monoisotopic (exact) mass is 386 g/mol. The third-order valence-corrected chi connectivity index (χ3v) is 7.64. The zero-order valence-corrected chi connectivity index (χ0v) is 14.4. The predicted octanol–water partition coefficient (Wildman–Crippen LogP) is 2.68. The fraction of sp³-hybridized carbons (Fsp3) is 0.400. The molecule has 3 rings (SSSR count). The molecular weight excluding hydrogens is 371 g/mol. The number of aliphatic imine (C=N–C) groups is 1. The Balaban J connectivity index is 2.18. The maximum Gasteiger partial charge on any atom is 0.166 e. The molecule has 4 nitrogen and oxygen atoms in total. The Morgan fingerprint density at radius 2 is 1.95 bits per heavy atom. The van der Waals surface area contributed by atoms with E-state index in [9.17, 15) is 12.8 Å². The summed E-state index contributed by atoms with van der Waals surface area (Å²) in [6.45, 7) is 1.61. The molecule has 2 N–H and O–H groups in total. The normalized spacial score (nSPS) is 28.8. The van der Waals surface area contributed by atoms with E-state index in [0.29, 0.717) is 17.3 Å². The van der Waals surface area contributed by atoms with Crippen LogP contribution in [0.1, 0.15) is 25.3 Å². The van der Waals surface area contributed by atoms with E-state index in [1.165, 1.54) is 6.07 Å². The second kappa shape index (κ2) is 4.89. The van der Waals surface area contributed by atoms with Crippen LogP contribution in [0, 0.1) is 5.82 Å². The van der Waals surface area contributed by atoms with Crippen molar-refractivity contribution in [3.05, 3.63) is 46.2 Å². The molecule has 0 bridgehead atoms. The number of amidine groups is 1. The van der Waals surface area contributed by atoms with E-state index in [1.807, 2.05) is 12.2 Å². The van der Waals surface area contributed by atoms with E-state index >= 15 is 0 Å². The van der Waals surface area contributed by atoms with Gasteiger partial charge < -0.3 is 5.73 Å². The first-order chi connectivity index (χ1) is 10.2. The van der Waals surface area contributed by atoms with Gasteiger partial charge in [0.2, 0.25) is 0 Å². The van der Waals surface area contributed by atoms with Crippen molar-refractivity contribution in [3.8, 4) is 0 Å². The van der Waals surface area contributed by atoms with E-state index in [1.54, 1.807) is 19.1 Å². The van der Waals surface area contributed by atoms with Gasteiger partial charge in [-0.05, 0) is 38.0 Å².